The van der Waals surface area contributed by atoms with E-state index in [2.05, 4.69) is 5.32 Å². The summed E-state index contributed by atoms with van der Waals surface area (Å²) >= 11 is 0. The van der Waals surface area contributed by atoms with E-state index in [0.717, 1.165) is 18.2 Å². The minimum atomic E-state index is -4.54. The third kappa shape index (κ3) is 5.99. The molecule has 3 aromatic rings. The molecule has 1 aromatic heterocycles. The predicted octanol–water partition coefficient (Wildman–Crippen LogP) is 3.72. The molecule has 0 aliphatic carbocycles. The van der Waals surface area contributed by atoms with Crippen LogP contribution in [0.3, 0.4) is 0 Å². The molecule has 0 atom stereocenters. The number of furan rings is 1. The molecule has 0 aliphatic rings. The molecule has 3 N–H and O–H groups in total. The lowest BCUT2D eigenvalue weighted by Gasteiger charge is -2.09. The van der Waals surface area contributed by atoms with Gasteiger partial charge in [-0.1, -0.05) is 18.2 Å². The Morgan fingerprint density at radius 1 is 1.09 bits per heavy atom. The van der Waals surface area contributed by atoms with Gasteiger partial charge in [0.25, 0.3) is 5.91 Å². The van der Waals surface area contributed by atoms with Crippen LogP contribution in [0.1, 0.15) is 21.7 Å². The highest BCUT2D eigenvalue weighted by Crippen LogP contribution is 2.32. The number of anilines is 1. The predicted molar refractivity (Wildman–Crippen MR) is 111 cm³/mol. The summed E-state index contributed by atoms with van der Waals surface area (Å²) in [5.41, 5.74) is -0.266. The zero-order valence-electron chi connectivity index (χ0n) is 17.0. The average molecular weight is 482 g/mol. The van der Waals surface area contributed by atoms with Crippen molar-refractivity contribution in [3.8, 4) is 11.3 Å². The van der Waals surface area contributed by atoms with Crippen molar-refractivity contribution in [3.63, 3.8) is 0 Å². The molecule has 0 radical (unpaired) electrons. The van der Waals surface area contributed by atoms with E-state index < -0.39 is 40.2 Å². The van der Waals surface area contributed by atoms with Crippen molar-refractivity contribution < 1.29 is 40.3 Å². The van der Waals surface area contributed by atoms with Crippen LogP contribution in [0.5, 0.6) is 0 Å². The zero-order chi connectivity index (χ0) is 24.4. The molecule has 0 saturated heterocycles. The molecular weight excluding hydrogens is 465 g/mol. The average Bonchev–Trinajstić information content (AvgIpc) is 3.22. The first kappa shape index (κ1) is 24.0. The topological polar surface area (TPSA) is 129 Å². The summed E-state index contributed by atoms with van der Waals surface area (Å²) in [6.07, 6.45) is -4.54. The lowest BCUT2D eigenvalue weighted by molar-refractivity contribution is -0.137. The van der Waals surface area contributed by atoms with Crippen molar-refractivity contribution in [3.05, 3.63) is 71.5 Å². The standard InChI is InChI=1S/C21H17F3N2O6S/c1-12-5-6-15(10-18(12)33(25,29)30)26-19(27)11-31-20(28)17-8-7-16(32-17)13-3-2-4-14(9-13)21(22,23)24/h2-10H,11H2,1H3,(H,26,27)(H2,25,29,30). The normalized spacial score (nSPS) is 11.8. The van der Waals surface area contributed by atoms with Crippen LogP contribution in [-0.2, 0) is 25.7 Å². The van der Waals surface area contributed by atoms with Crippen LogP contribution in [0.25, 0.3) is 11.3 Å². The smallest absolute Gasteiger partial charge is 0.416 e. The van der Waals surface area contributed by atoms with E-state index in [0.29, 0.717) is 5.56 Å². The van der Waals surface area contributed by atoms with Gasteiger partial charge in [0.2, 0.25) is 15.8 Å². The summed E-state index contributed by atoms with van der Waals surface area (Å²) in [5, 5.41) is 7.48. The van der Waals surface area contributed by atoms with Gasteiger partial charge in [0, 0.05) is 11.3 Å². The first-order chi connectivity index (χ1) is 15.3. The maximum atomic E-state index is 12.9. The second-order valence-corrected chi connectivity index (χ2v) is 8.42. The first-order valence-corrected chi connectivity index (χ1v) is 10.8. The van der Waals surface area contributed by atoms with Crippen LogP contribution < -0.4 is 10.5 Å². The zero-order valence-corrected chi connectivity index (χ0v) is 17.8. The molecule has 0 aliphatic heterocycles. The number of hydrogen-bond acceptors (Lipinski definition) is 6. The highest BCUT2D eigenvalue weighted by molar-refractivity contribution is 7.89. The van der Waals surface area contributed by atoms with Gasteiger partial charge >= 0.3 is 12.1 Å². The number of carbonyl (C=O) groups is 2. The van der Waals surface area contributed by atoms with Gasteiger partial charge in [0.1, 0.15) is 5.76 Å². The van der Waals surface area contributed by atoms with Crippen LogP contribution in [0.4, 0.5) is 18.9 Å². The second-order valence-electron chi connectivity index (χ2n) is 6.89. The highest BCUT2D eigenvalue weighted by atomic mass is 32.2. The van der Waals surface area contributed by atoms with Crippen molar-refractivity contribution in [1.29, 1.82) is 0 Å². The van der Waals surface area contributed by atoms with Crippen molar-refractivity contribution in [2.24, 2.45) is 5.14 Å². The van der Waals surface area contributed by atoms with Crippen molar-refractivity contribution in [1.82, 2.24) is 0 Å². The molecular formula is C21H17F3N2O6S. The number of amides is 1. The monoisotopic (exact) mass is 482 g/mol. The Hall–Kier alpha value is -3.64. The minimum Gasteiger partial charge on any atom is -0.450 e. The highest BCUT2D eigenvalue weighted by Gasteiger charge is 2.30. The Morgan fingerprint density at radius 3 is 2.48 bits per heavy atom. The fourth-order valence-corrected chi connectivity index (χ4v) is 3.64. The van der Waals surface area contributed by atoms with Gasteiger partial charge in [0.05, 0.1) is 10.5 Å². The van der Waals surface area contributed by atoms with Gasteiger partial charge in [-0.05, 0) is 48.9 Å². The van der Waals surface area contributed by atoms with Gasteiger partial charge in [0.15, 0.2) is 6.61 Å². The number of halogens is 3. The fraction of sp³-hybridized carbons (Fsp3) is 0.143. The van der Waals surface area contributed by atoms with Crippen LogP contribution in [0, 0.1) is 6.92 Å². The molecule has 174 valence electrons. The van der Waals surface area contributed by atoms with Gasteiger partial charge < -0.3 is 14.5 Å². The van der Waals surface area contributed by atoms with Gasteiger partial charge in [-0.15, -0.1) is 0 Å². The fourth-order valence-electron chi connectivity index (χ4n) is 2.84. The van der Waals surface area contributed by atoms with Gasteiger partial charge in [-0.25, -0.2) is 18.4 Å². The molecule has 0 spiro atoms. The number of rotatable bonds is 6. The number of aryl methyl sites for hydroxylation is 1. The summed E-state index contributed by atoms with van der Waals surface area (Å²) < 4.78 is 71.8. The molecule has 33 heavy (non-hydrogen) atoms. The van der Waals surface area contributed by atoms with Crippen LogP contribution in [0.15, 0.2) is 63.9 Å². The molecule has 1 heterocycles. The maximum absolute atomic E-state index is 12.9. The third-order valence-electron chi connectivity index (χ3n) is 4.39. The molecule has 0 unspecified atom stereocenters. The molecule has 0 fully saturated rings. The Bertz CT molecular complexity index is 1320. The SMILES string of the molecule is Cc1ccc(NC(=O)COC(=O)c2ccc(-c3cccc(C(F)(F)F)c3)o2)cc1S(N)(=O)=O. The summed E-state index contributed by atoms with van der Waals surface area (Å²) in [6, 6.07) is 10.9. The van der Waals surface area contributed by atoms with Crippen LogP contribution >= 0.6 is 0 Å². The number of esters is 1. The Labute approximate surface area is 186 Å². The molecule has 3 rings (SSSR count). The first-order valence-electron chi connectivity index (χ1n) is 9.22. The van der Waals surface area contributed by atoms with Crippen LogP contribution in [-0.4, -0.2) is 26.9 Å². The lowest BCUT2D eigenvalue weighted by Crippen LogP contribution is -2.21. The number of nitrogens with two attached hydrogens (primary N) is 1. The number of benzene rings is 2. The molecule has 1 amide bonds. The van der Waals surface area contributed by atoms with Gasteiger partial charge in [-0.2, -0.15) is 13.2 Å². The number of ether oxygens (including phenoxy) is 1. The van der Waals surface area contributed by atoms with E-state index >= 15 is 0 Å². The lowest BCUT2D eigenvalue weighted by atomic mass is 10.1. The van der Waals surface area contributed by atoms with E-state index in [1.165, 1.54) is 43.3 Å². The number of sulfonamides is 1. The number of hydrogen-bond donors (Lipinski definition) is 2. The summed E-state index contributed by atoms with van der Waals surface area (Å²) in [4.78, 5) is 24.0. The quantitative estimate of drug-likeness (QED) is 0.516. The largest absolute Gasteiger partial charge is 0.450 e. The van der Waals surface area contributed by atoms with E-state index in [4.69, 9.17) is 14.3 Å². The second kappa shape index (κ2) is 9.08. The number of carbonyl (C=O) groups excluding carboxylic acids is 2. The van der Waals surface area contributed by atoms with E-state index in [9.17, 15) is 31.2 Å². The van der Waals surface area contributed by atoms with E-state index in [-0.39, 0.29) is 27.7 Å². The van der Waals surface area contributed by atoms with E-state index in [1.54, 1.807) is 0 Å². The minimum absolute atomic E-state index is 0.00711. The molecule has 12 heteroatoms. The molecule has 0 bridgehead atoms. The summed E-state index contributed by atoms with van der Waals surface area (Å²) in [7, 11) is -4.00. The Morgan fingerprint density at radius 2 is 1.82 bits per heavy atom. The van der Waals surface area contributed by atoms with Crippen molar-refractivity contribution >= 4 is 27.6 Å². The van der Waals surface area contributed by atoms with Crippen LogP contribution in [0.2, 0.25) is 0 Å². The van der Waals surface area contributed by atoms with E-state index in [1.807, 2.05) is 0 Å². The number of nitrogens with one attached hydrogen (secondary N) is 1. The molecule has 8 nitrogen and oxygen atoms in total. The Kier molecular flexibility index (Phi) is 6.60. The van der Waals surface area contributed by atoms with Crippen molar-refractivity contribution in [2.75, 3.05) is 11.9 Å². The number of alkyl halides is 3. The third-order valence-corrected chi connectivity index (χ3v) is 5.45. The van der Waals surface area contributed by atoms with Crippen molar-refractivity contribution in [2.45, 2.75) is 18.0 Å². The Balaban J connectivity index is 1.63. The summed E-state index contributed by atoms with van der Waals surface area (Å²) in [5.74, 6) is -2.09. The number of primary sulfonamides is 1. The maximum Gasteiger partial charge on any atom is 0.416 e. The molecule has 2 aromatic carbocycles. The van der Waals surface area contributed by atoms with Gasteiger partial charge in [-0.3, -0.25) is 4.79 Å². The summed E-state index contributed by atoms with van der Waals surface area (Å²) in [6.45, 7) is 0.807. The molecule has 0 saturated carbocycles.